The first-order valence-electron chi connectivity index (χ1n) is 8.58. The highest BCUT2D eigenvalue weighted by atomic mass is 32.1. The lowest BCUT2D eigenvalue weighted by molar-refractivity contribution is -0.141. The van der Waals surface area contributed by atoms with Crippen LogP contribution in [-0.2, 0) is 15.7 Å². The molecule has 0 amide bonds. The largest absolute Gasteiger partial charge is 0.465 e. The number of halogens is 3. The molecule has 4 nitrogen and oxygen atoms in total. The second-order valence-electron chi connectivity index (χ2n) is 6.05. The number of esters is 1. The van der Waals surface area contributed by atoms with Gasteiger partial charge >= 0.3 is 12.1 Å². The first-order chi connectivity index (χ1) is 13.3. The summed E-state index contributed by atoms with van der Waals surface area (Å²) in [5.41, 5.74) is 0.939. The summed E-state index contributed by atoms with van der Waals surface area (Å²) >= 11 is 5.39. The number of anilines is 1. The van der Waals surface area contributed by atoms with Gasteiger partial charge in [0.05, 0.1) is 30.1 Å². The molecule has 1 heterocycles. The molecular formula is C20H17F3N2O2S. The average molecular weight is 406 g/mol. The number of benzene rings is 2. The zero-order chi connectivity index (χ0) is 20.3. The number of thiocarbonyl (C=S) groups is 1. The van der Waals surface area contributed by atoms with Crippen molar-refractivity contribution >= 4 is 34.6 Å². The molecule has 0 unspecified atom stereocenters. The molecule has 28 heavy (non-hydrogen) atoms. The number of nitrogens with zero attached hydrogens (tertiary/aromatic N) is 2. The summed E-state index contributed by atoms with van der Waals surface area (Å²) in [7, 11) is 0. The minimum Gasteiger partial charge on any atom is -0.465 e. The monoisotopic (exact) mass is 406 g/mol. The Morgan fingerprint density at radius 3 is 2.57 bits per heavy atom. The quantitative estimate of drug-likeness (QED) is 0.562. The Balaban J connectivity index is 2.15. The number of rotatable bonds is 4. The smallest absolute Gasteiger partial charge is 0.416 e. The molecule has 0 N–H and O–H groups in total. The zero-order valence-electron chi connectivity index (χ0n) is 15.0. The normalized spacial score (nSPS) is 14.2. The SMILES string of the molecule is CCOC(=O)CN1C(=S)CN=C(c2ccccc2)c2cc(C(F)(F)F)ccc21. The van der Waals surface area contributed by atoms with Crippen molar-refractivity contribution in [2.75, 3.05) is 24.6 Å². The van der Waals surface area contributed by atoms with Crippen LogP contribution < -0.4 is 4.90 Å². The molecule has 8 heteroatoms. The second kappa shape index (κ2) is 8.10. The third-order valence-corrected chi connectivity index (χ3v) is 4.53. The van der Waals surface area contributed by atoms with Gasteiger partial charge in [0, 0.05) is 11.1 Å². The number of hydrogen-bond acceptors (Lipinski definition) is 4. The lowest BCUT2D eigenvalue weighted by atomic mass is 9.98. The highest BCUT2D eigenvalue weighted by Gasteiger charge is 2.33. The van der Waals surface area contributed by atoms with Gasteiger partial charge < -0.3 is 9.64 Å². The Bertz CT molecular complexity index is 927. The first kappa shape index (κ1) is 20.0. The van der Waals surface area contributed by atoms with Gasteiger partial charge in [0.2, 0.25) is 0 Å². The van der Waals surface area contributed by atoms with Crippen LogP contribution in [-0.4, -0.2) is 36.4 Å². The van der Waals surface area contributed by atoms with Gasteiger partial charge in [0.1, 0.15) is 11.5 Å². The third kappa shape index (κ3) is 4.22. The highest BCUT2D eigenvalue weighted by Crippen LogP contribution is 2.35. The summed E-state index contributed by atoms with van der Waals surface area (Å²) in [4.78, 5) is 18.3. The summed E-state index contributed by atoms with van der Waals surface area (Å²) in [5.74, 6) is -0.515. The number of alkyl halides is 3. The number of ether oxygens (including phenoxy) is 1. The third-order valence-electron chi connectivity index (χ3n) is 4.18. The van der Waals surface area contributed by atoms with Crippen LogP contribution in [0.4, 0.5) is 18.9 Å². The van der Waals surface area contributed by atoms with Gasteiger partial charge in [-0.15, -0.1) is 0 Å². The Labute approximate surface area is 165 Å². The van der Waals surface area contributed by atoms with Crippen LogP contribution in [0.25, 0.3) is 0 Å². The molecular weight excluding hydrogens is 389 g/mol. The predicted molar refractivity (Wildman–Crippen MR) is 105 cm³/mol. The summed E-state index contributed by atoms with van der Waals surface area (Å²) < 4.78 is 44.9. The van der Waals surface area contributed by atoms with Crippen molar-refractivity contribution < 1.29 is 22.7 Å². The van der Waals surface area contributed by atoms with E-state index >= 15 is 0 Å². The average Bonchev–Trinajstić information content (AvgIpc) is 2.79. The standard InChI is InChI=1S/C20H17F3N2O2S/c1-2-27-18(26)12-25-16-9-8-14(20(21,22)23)10-15(16)19(24-11-17(25)28)13-6-4-3-5-7-13/h3-10H,2,11-12H2,1H3. The highest BCUT2D eigenvalue weighted by molar-refractivity contribution is 7.80. The number of carbonyl (C=O) groups excluding carboxylic acids is 1. The number of benzodiazepines with no additional fused rings is 1. The van der Waals surface area contributed by atoms with Gasteiger partial charge in [-0.05, 0) is 25.1 Å². The minimum atomic E-state index is -4.50. The van der Waals surface area contributed by atoms with E-state index in [0.717, 1.165) is 12.1 Å². The van der Waals surface area contributed by atoms with E-state index in [-0.39, 0.29) is 25.3 Å². The predicted octanol–water partition coefficient (Wildman–Crippen LogP) is 4.25. The van der Waals surface area contributed by atoms with E-state index < -0.39 is 17.7 Å². The van der Waals surface area contributed by atoms with E-state index in [1.54, 1.807) is 31.2 Å². The van der Waals surface area contributed by atoms with Crippen LogP contribution in [0.1, 0.15) is 23.6 Å². The lowest BCUT2D eigenvalue weighted by Crippen LogP contribution is -2.36. The number of aliphatic imine (C=N–C) groups is 1. The van der Waals surface area contributed by atoms with Crippen LogP contribution in [0.15, 0.2) is 53.5 Å². The fourth-order valence-corrected chi connectivity index (χ4v) is 3.17. The van der Waals surface area contributed by atoms with Gasteiger partial charge in [-0.2, -0.15) is 13.2 Å². The summed E-state index contributed by atoms with van der Waals surface area (Å²) in [5, 5.41) is 0. The number of carbonyl (C=O) groups is 1. The second-order valence-corrected chi connectivity index (χ2v) is 6.52. The van der Waals surface area contributed by atoms with Crippen molar-refractivity contribution in [1.82, 2.24) is 0 Å². The molecule has 0 saturated heterocycles. The van der Waals surface area contributed by atoms with E-state index in [2.05, 4.69) is 4.99 Å². The number of fused-ring (bicyclic) bond motifs is 1. The number of hydrogen-bond donors (Lipinski definition) is 0. The van der Waals surface area contributed by atoms with E-state index in [9.17, 15) is 18.0 Å². The molecule has 1 aliphatic heterocycles. The van der Waals surface area contributed by atoms with Crippen LogP contribution >= 0.6 is 12.2 Å². The molecule has 0 radical (unpaired) electrons. The van der Waals surface area contributed by atoms with Gasteiger partial charge in [-0.3, -0.25) is 9.79 Å². The maximum Gasteiger partial charge on any atom is 0.416 e. The maximum atomic E-state index is 13.3. The molecule has 0 atom stereocenters. The van der Waals surface area contributed by atoms with Crippen LogP contribution in [0.5, 0.6) is 0 Å². The van der Waals surface area contributed by atoms with Crippen molar-refractivity contribution in [2.45, 2.75) is 13.1 Å². The topological polar surface area (TPSA) is 41.9 Å². The molecule has 0 aliphatic carbocycles. The van der Waals surface area contributed by atoms with E-state index in [0.29, 0.717) is 22.0 Å². The van der Waals surface area contributed by atoms with E-state index in [1.165, 1.54) is 11.0 Å². The Hall–Kier alpha value is -2.74. The molecule has 0 saturated carbocycles. The van der Waals surface area contributed by atoms with Crippen molar-refractivity contribution in [3.8, 4) is 0 Å². The molecule has 3 rings (SSSR count). The fourth-order valence-electron chi connectivity index (χ4n) is 2.94. The molecule has 146 valence electrons. The van der Waals surface area contributed by atoms with Crippen molar-refractivity contribution in [3.63, 3.8) is 0 Å². The first-order valence-corrected chi connectivity index (χ1v) is 8.99. The molecule has 0 spiro atoms. The fraction of sp³-hybridized carbons (Fsp3) is 0.250. The molecule has 2 aromatic rings. The van der Waals surface area contributed by atoms with Gasteiger partial charge in [0.25, 0.3) is 0 Å². The van der Waals surface area contributed by atoms with Crippen LogP contribution in [0.2, 0.25) is 0 Å². The van der Waals surface area contributed by atoms with Crippen LogP contribution in [0.3, 0.4) is 0 Å². The lowest BCUT2D eigenvalue weighted by Gasteiger charge is -2.25. The molecule has 0 bridgehead atoms. The van der Waals surface area contributed by atoms with Crippen molar-refractivity contribution in [3.05, 3.63) is 65.2 Å². The van der Waals surface area contributed by atoms with E-state index in [4.69, 9.17) is 17.0 Å². The van der Waals surface area contributed by atoms with Crippen LogP contribution in [0, 0.1) is 0 Å². The summed E-state index contributed by atoms with van der Waals surface area (Å²) in [6.45, 7) is 1.77. The molecule has 1 aliphatic rings. The molecule has 2 aromatic carbocycles. The molecule has 0 fully saturated rings. The Morgan fingerprint density at radius 2 is 1.93 bits per heavy atom. The Morgan fingerprint density at radius 1 is 1.21 bits per heavy atom. The van der Waals surface area contributed by atoms with Gasteiger partial charge in [0.15, 0.2) is 0 Å². The Kier molecular flexibility index (Phi) is 5.79. The zero-order valence-corrected chi connectivity index (χ0v) is 15.8. The van der Waals surface area contributed by atoms with Gasteiger partial charge in [-0.1, -0.05) is 42.5 Å². The van der Waals surface area contributed by atoms with Crippen molar-refractivity contribution in [2.24, 2.45) is 4.99 Å². The minimum absolute atomic E-state index is 0.0784. The van der Waals surface area contributed by atoms with E-state index in [1.807, 2.05) is 6.07 Å². The summed E-state index contributed by atoms with van der Waals surface area (Å²) in [6, 6.07) is 12.3. The van der Waals surface area contributed by atoms with Gasteiger partial charge in [-0.25, -0.2) is 0 Å². The molecule has 0 aromatic heterocycles. The maximum absolute atomic E-state index is 13.3. The summed E-state index contributed by atoms with van der Waals surface area (Å²) in [6.07, 6.45) is -4.50. The van der Waals surface area contributed by atoms with Crippen molar-refractivity contribution in [1.29, 1.82) is 0 Å².